The normalized spacial score (nSPS) is 36.8. The predicted octanol–water partition coefficient (Wildman–Crippen LogP) is 1.48. The van der Waals surface area contributed by atoms with E-state index >= 15 is 0 Å². The lowest BCUT2D eigenvalue weighted by atomic mass is 10.1. The van der Waals surface area contributed by atoms with E-state index in [1.165, 1.54) is 0 Å². The van der Waals surface area contributed by atoms with E-state index in [9.17, 15) is 10.2 Å². The van der Waals surface area contributed by atoms with Gasteiger partial charge in [0, 0.05) is 0 Å². The van der Waals surface area contributed by atoms with Crippen LogP contribution in [-0.4, -0.2) is 43.1 Å². The Morgan fingerprint density at radius 2 is 1.81 bits per heavy atom. The predicted molar refractivity (Wildman–Crippen MR) is 64.7 cm³/mol. The van der Waals surface area contributed by atoms with Gasteiger partial charge in [0.15, 0.2) is 14.1 Å². The lowest BCUT2D eigenvalue weighted by molar-refractivity contribution is -0.190. The first-order chi connectivity index (χ1) is 7.00. The minimum Gasteiger partial charge on any atom is -0.388 e. The lowest BCUT2D eigenvalue weighted by Crippen LogP contribution is -2.53. The summed E-state index contributed by atoms with van der Waals surface area (Å²) in [5.74, 6) is -1.07. The molecule has 2 N–H and O–H groups in total. The molecule has 96 valence electrons. The summed E-state index contributed by atoms with van der Waals surface area (Å²) in [6.07, 6.45) is -1.82. The first kappa shape index (κ1) is 14.1. The van der Waals surface area contributed by atoms with Crippen LogP contribution >= 0.6 is 0 Å². The molecule has 1 fully saturated rings. The van der Waals surface area contributed by atoms with Crippen LogP contribution in [0.5, 0.6) is 0 Å². The van der Waals surface area contributed by atoms with Crippen molar-refractivity contribution in [1.29, 1.82) is 0 Å². The van der Waals surface area contributed by atoms with E-state index in [0.717, 1.165) is 0 Å². The van der Waals surface area contributed by atoms with Gasteiger partial charge in [0.25, 0.3) is 0 Å². The van der Waals surface area contributed by atoms with Gasteiger partial charge in [0.2, 0.25) is 0 Å². The van der Waals surface area contributed by atoms with Crippen LogP contribution in [0.15, 0.2) is 0 Å². The summed E-state index contributed by atoms with van der Waals surface area (Å²) in [5.41, 5.74) is 0. The Morgan fingerprint density at radius 3 is 2.12 bits per heavy atom. The molecule has 1 aliphatic heterocycles. The second-order valence-electron chi connectivity index (χ2n) is 6.20. The minimum absolute atomic E-state index is 0.0482. The average molecular weight is 248 g/mol. The van der Waals surface area contributed by atoms with E-state index in [1.807, 2.05) is 0 Å². The third-order valence-electron chi connectivity index (χ3n) is 3.71. The fourth-order valence-electron chi connectivity index (χ4n) is 1.53. The summed E-state index contributed by atoms with van der Waals surface area (Å²) in [7, 11) is -2.01. The van der Waals surface area contributed by atoms with Crippen LogP contribution in [0.4, 0.5) is 0 Å². The molecule has 1 aliphatic rings. The molecule has 3 atom stereocenters. The maximum atomic E-state index is 9.87. The van der Waals surface area contributed by atoms with E-state index in [-0.39, 0.29) is 11.6 Å². The molecule has 0 amide bonds. The molecule has 0 aromatic heterocycles. The van der Waals surface area contributed by atoms with Crippen molar-refractivity contribution in [2.24, 2.45) is 0 Å². The summed E-state index contributed by atoms with van der Waals surface area (Å²) < 4.78 is 11.4. The number of ether oxygens (including phenoxy) is 1. The molecular formula is C11H24O4Si. The third kappa shape index (κ3) is 2.48. The van der Waals surface area contributed by atoms with Gasteiger partial charge in [-0.3, -0.25) is 0 Å². The maximum absolute atomic E-state index is 9.87. The van der Waals surface area contributed by atoms with Crippen LogP contribution in [0, 0.1) is 0 Å². The molecule has 16 heavy (non-hydrogen) atoms. The Morgan fingerprint density at radius 1 is 1.31 bits per heavy atom. The molecule has 0 bridgehead atoms. The van der Waals surface area contributed by atoms with E-state index < -0.39 is 26.3 Å². The van der Waals surface area contributed by atoms with Gasteiger partial charge in [-0.2, -0.15) is 0 Å². The Bertz CT molecular complexity index is 261. The van der Waals surface area contributed by atoms with Gasteiger partial charge in [0.05, 0.1) is 6.61 Å². The highest BCUT2D eigenvalue weighted by Gasteiger charge is 2.52. The highest BCUT2D eigenvalue weighted by Crippen LogP contribution is 2.41. The minimum atomic E-state index is -2.01. The van der Waals surface area contributed by atoms with Crippen molar-refractivity contribution in [3.05, 3.63) is 0 Å². The third-order valence-corrected chi connectivity index (χ3v) is 8.23. The van der Waals surface area contributed by atoms with E-state index in [0.29, 0.717) is 0 Å². The Balaban J connectivity index is 2.81. The summed E-state index contributed by atoms with van der Waals surface area (Å²) in [6, 6.07) is 0. The summed E-state index contributed by atoms with van der Waals surface area (Å²) in [5, 5.41) is 19.4. The maximum Gasteiger partial charge on any atom is 0.195 e. The fraction of sp³-hybridized carbons (Fsp3) is 1.00. The molecule has 4 nitrogen and oxygen atoms in total. The lowest BCUT2D eigenvalue weighted by Gasteiger charge is -2.43. The van der Waals surface area contributed by atoms with Crippen molar-refractivity contribution in [2.45, 2.75) is 63.8 Å². The zero-order valence-electron chi connectivity index (χ0n) is 11.1. The van der Waals surface area contributed by atoms with Crippen molar-refractivity contribution in [3.8, 4) is 0 Å². The monoisotopic (exact) mass is 248 g/mol. The highest BCUT2D eigenvalue weighted by atomic mass is 28.4. The summed E-state index contributed by atoms with van der Waals surface area (Å²) in [4.78, 5) is 0. The zero-order chi connectivity index (χ0) is 12.8. The summed E-state index contributed by atoms with van der Waals surface area (Å²) in [6.45, 7) is 12.4. The zero-order valence-corrected chi connectivity index (χ0v) is 12.1. The van der Waals surface area contributed by atoms with Gasteiger partial charge in [-0.05, 0) is 25.1 Å². The van der Waals surface area contributed by atoms with Crippen LogP contribution in [0.3, 0.4) is 0 Å². The SMILES string of the molecule is CC1(O[Si](C)(C)C(C)(C)C)OCC(O)C1O. The molecule has 1 rings (SSSR count). The van der Waals surface area contributed by atoms with Gasteiger partial charge in [-0.25, -0.2) is 0 Å². The van der Waals surface area contributed by atoms with Crippen molar-refractivity contribution in [3.63, 3.8) is 0 Å². The van der Waals surface area contributed by atoms with Crippen molar-refractivity contribution < 1.29 is 19.4 Å². The first-order valence-electron chi connectivity index (χ1n) is 5.70. The van der Waals surface area contributed by atoms with Gasteiger partial charge in [0.1, 0.15) is 12.2 Å². The molecule has 0 saturated carbocycles. The molecule has 0 radical (unpaired) electrons. The quantitative estimate of drug-likeness (QED) is 0.727. The smallest absolute Gasteiger partial charge is 0.195 e. The largest absolute Gasteiger partial charge is 0.388 e. The van der Waals surface area contributed by atoms with Gasteiger partial charge < -0.3 is 19.4 Å². The first-order valence-corrected chi connectivity index (χ1v) is 8.61. The Hall–Kier alpha value is 0.0569. The highest BCUT2D eigenvalue weighted by molar-refractivity contribution is 6.74. The molecule has 5 heteroatoms. The van der Waals surface area contributed by atoms with E-state index in [4.69, 9.17) is 9.16 Å². The second kappa shape index (κ2) is 4.06. The van der Waals surface area contributed by atoms with Gasteiger partial charge >= 0.3 is 0 Å². The van der Waals surface area contributed by atoms with Gasteiger partial charge in [-0.1, -0.05) is 20.8 Å². The van der Waals surface area contributed by atoms with E-state index in [1.54, 1.807) is 6.92 Å². The molecule has 0 aromatic rings. The van der Waals surface area contributed by atoms with Crippen LogP contribution in [0.25, 0.3) is 0 Å². The average Bonchev–Trinajstić information content (AvgIpc) is 2.31. The van der Waals surface area contributed by atoms with Crippen molar-refractivity contribution in [2.75, 3.05) is 6.61 Å². The number of aliphatic hydroxyl groups excluding tert-OH is 2. The van der Waals surface area contributed by atoms with E-state index in [2.05, 4.69) is 33.9 Å². The number of rotatable bonds is 2. The van der Waals surface area contributed by atoms with Crippen LogP contribution < -0.4 is 0 Å². The number of hydrogen-bond acceptors (Lipinski definition) is 4. The molecule has 0 spiro atoms. The Labute approximate surface area is 98.7 Å². The molecule has 3 unspecified atom stereocenters. The molecule has 1 saturated heterocycles. The van der Waals surface area contributed by atoms with Crippen LogP contribution in [0.2, 0.25) is 18.1 Å². The number of hydrogen-bond donors (Lipinski definition) is 2. The molecule has 0 aliphatic carbocycles. The summed E-state index contributed by atoms with van der Waals surface area (Å²) >= 11 is 0. The molecular weight excluding hydrogens is 224 g/mol. The number of aliphatic hydroxyl groups is 2. The standard InChI is InChI=1S/C11H24O4Si/c1-10(2,3)16(5,6)15-11(4)9(13)8(12)7-14-11/h8-9,12-13H,7H2,1-6H3. The van der Waals surface area contributed by atoms with Gasteiger partial charge in [-0.15, -0.1) is 0 Å². The molecule has 1 heterocycles. The van der Waals surface area contributed by atoms with Crippen LogP contribution in [0.1, 0.15) is 27.7 Å². The fourth-order valence-corrected chi connectivity index (χ4v) is 3.03. The molecule has 0 aromatic carbocycles. The Kier molecular flexibility index (Phi) is 3.59. The van der Waals surface area contributed by atoms with Crippen molar-refractivity contribution in [1.82, 2.24) is 0 Å². The second-order valence-corrected chi connectivity index (χ2v) is 10.9. The topological polar surface area (TPSA) is 58.9 Å². The van der Waals surface area contributed by atoms with Crippen molar-refractivity contribution >= 4 is 8.32 Å². The van der Waals surface area contributed by atoms with Crippen LogP contribution in [-0.2, 0) is 9.16 Å².